The second-order valence-electron chi connectivity index (χ2n) is 5.95. The quantitative estimate of drug-likeness (QED) is 0.804. The van der Waals surface area contributed by atoms with Gasteiger partial charge in [-0.05, 0) is 56.6 Å². The van der Waals surface area contributed by atoms with E-state index < -0.39 is 6.10 Å². The van der Waals surface area contributed by atoms with Crippen LogP contribution < -0.4 is 5.32 Å². The van der Waals surface area contributed by atoms with E-state index in [1.54, 1.807) is 18.2 Å². The fourth-order valence-electron chi connectivity index (χ4n) is 2.82. The first-order chi connectivity index (χ1) is 10.1. The third kappa shape index (κ3) is 5.42. The molecule has 3 nitrogen and oxygen atoms in total. The van der Waals surface area contributed by atoms with E-state index in [2.05, 4.69) is 17.1 Å². The van der Waals surface area contributed by atoms with E-state index in [0.29, 0.717) is 28.1 Å². The molecule has 0 amide bonds. The molecule has 1 fully saturated rings. The summed E-state index contributed by atoms with van der Waals surface area (Å²) in [4.78, 5) is 2.51. The third-order valence-electron chi connectivity index (χ3n) is 3.92. The highest BCUT2D eigenvalue weighted by molar-refractivity contribution is 6.33. The molecule has 0 radical (unpaired) electrons. The highest BCUT2D eigenvalue weighted by atomic mass is 35.5. The molecule has 1 aliphatic rings. The van der Waals surface area contributed by atoms with Gasteiger partial charge < -0.3 is 15.3 Å². The molecule has 5 heteroatoms. The molecule has 2 atom stereocenters. The maximum Gasteiger partial charge on any atom is 0.0929 e. The lowest BCUT2D eigenvalue weighted by molar-refractivity contribution is 0.171. The van der Waals surface area contributed by atoms with Crippen LogP contribution in [0.3, 0.4) is 0 Å². The van der Waals surface area contributed by atoms with E-state index in [1.807, 2.05) is 0 Å². The normalized spacial score (nSPS) is 18.9. The van der Waals surface area contributed by atoms with Crippen molar-refractivity contribution in [3.05, 3.63) is 33.8 Å². The number of rotatable bonds is 7. The summed E-state index contributed by atoms with van der Waals surface area (Å²) in [6, 6.07) is 5.17. The molecule has 0 aliphatic carbocycles. The predicted molar refractivity (Wildman–Crippen MR) is 89.1 cm³/mol. The minimum atomic E-state index is -0.629. The summed E-state index contributed by atoms with van der Waals surface area (Å²) in [7, 11) is 0. The van der Waals surface area contributed by atoms with Crippen molar-refractivity contribution in [2.24, 2.45) is 5.92 Å². The maximum absolute atomic E-state index is 10.2. The van der Waals surface area contributed by atoms with Gasteiger partial charge in [-0.2, -0.15) is 0 Å². The zero-order valence-electron chi connectivity index (χ0n) is 12.5. The second kappa shape index (κ2) is 8.35. The predicted octanol–water partition coefficient (Wildman–Crippen LogP) is 3.35. The van der Waals surface area contributed by atoms with Crippen molar-refractivity contribution in [3.63, 3.8) is 0 Å². The van der Waals surface area contributed by atoms with Crippen LogP contribution in [0.25, 0.3) is 0 Å². The lowest BCUT2D eigenvalue weighted by Crippen LogP contribution is -2.33. The van der Waals surface area contributed by atoms with Crippen LogP contribution >= 0.6 is 23.2 Å². The minimum absolute atomic E-state index is 0.490. The molecule has 0 aromatic heterocycles. The molecule has 1 saturated heterocycles. The average Bonchev–Trinajstić information content (AvgIpc) is 2.94. The summed E-state index contributed by atoms with van der Waals surface area (Å²) in [5.41, 5.74) is 0.684. The van der Waals surface area contributed by atoms with Crippen molar-refractivity contribution in [1.29, 1.82) is 0 Å². The van der Waals surface area contributed by atoms with Gasteiger partial charge in [-0.3, -0.25) is 0 Å². The average molecular weight is 331 g/mol. The zero-order chi connectivity index (χ0) is 15.2. The van der Waals surface area contributed by atoms with E-state index >= 15 is 0 Å². The summed E-state index contributed by atoms with van der Waals surface area (Å²) in [6.45, 7) is 7.21. The molecule has 0 spiro atoms. The molecule has 1 aromatic carbocycles. The Morgan fingerprint density at radius 1 is 1.24 bits per heavy atom. The topological polar surface area (TPSA) is 35.5 Å². The summed E-state index contributed by atoms with van der Waals surface area (Å²) >= 11 is 12.0. The van der Waals surface area contributed by atoms with Crippen molar-refractivity contribution in [3.8, 4) is 0 Å². The fraction of sp³-hybridized carbons (Fsp3) is 0.625. The highest BCUT2D eigenvalue weighted by Gasteiger charge is 2.16. The van der Waals surface area contributed by atoms with Crippen LogP contribution in [0.5, 0.6) is 0 Å². The van der Waals surface area contributed by atoms with E-state index in [0.717, 1.165) is 13.1 Å². The van der Waals surface area contributed by atoms with Crippen molar-refractivity contribution in [1.82, 2.24) is 10.2 Å². The van der Waals surface area contributed by atoms with Gasteiger partial charge in [-0.25, -0.2) is 0 Å². The van der Waals surface area contributed by atoms with Gasteiger partial charge in [-0.15, -0.1) is 0 Å². The Kier molecular flexibility index (Phi) is 6.77. The molecule has 0 saturated carbocycles. The maximum atomic E-state index is 10.2. The highest BCUT2D eigenvalue weighted by Crippen LogP contribution is 2.26. The molecular weight excluding hydrogens is 307 g/mol. The fourth-order valence-corrected chi connectivity index (χ4v) is 3.24. The van der Waals surface area contributed by atoms with Crippen LogP contribution in [-0.4, -0.2) is 42.7 Å². The molecule has 21 heavy (non-hydrogen) atoms. The standard InChI is InChI=1S/C16H24Cl2N2O/c1-12(11-20-6-2-3-7-20)9-19-10-16(21)14-8-13(17)4-5-15(14)18/h4-5,8,12,16,19,21H,2-3,6-7,9-11H2,1H3. The lowest BCUT2D eigenvalue weighted by Gasteiger charge is -2.21. The third-order valence-corrected chi connectivity index (χ3v) is 4.50. The molecule has 118 valence electrons. The number of aliphatic hydroxyl groups excluding tert-OH is 1. The molecular formula is C16H24Cl2N2O. The first-order valence-electron chi connectivity index (χ1n) is 7.62. The lowest BCUT2D eigenvalue weighted by atomic mass is 10.1. The van der Waals surface area contributed by atoms with Gasteiger partial charge in [0.15, 0.2) is 0 Å². The number of likely N-dealkylation sites (tertiary alicyclic amines) is 1. The van der Waals surface area contributed by atoms with Crippen molar-refractivity contribution < 1.29 is 5.11 Å². The van der Waals surface area contributed by atoms with Gasteiger partial charge in [0.25, 0.3) is 0 Å². The Hall–Kier alpha value is -0.320. The summed E-state index contributed by atoms with van der Waals surface area (Å²) < 4.78 is 0. The molecule has 1 aromatic rings. The molecule has 2 unspecified atom stereocenters. The van der Waals surface area contributed by atoms with Gasteiger partial charge in [0.05, 0.1) is 6.10 Å². The first-order valence-corrected chi connectivity index (χ1v) is 8.38. The van der Waals surface area contributed by atoms with Crippen LogP contribution in [-0.2, 0) is 0 Å². The number of aliphatic hydroxyl groups is 1. The molecule has 1 aliphatic heterocycles. The van der Waals surface area contributed by atoms with E-state index in [-0.39, 0.29) is 0 Å². The monoisotopic (exact) mass is 330 g/mol. The Morgan fingerprint density at radius 3 is 2.67 bits per heavy atom. The van der Waals surface area contributed by atoms with Crippen molar-refractivity contribution in [2.75, 3.05) is 32.7 Å². The summed E-state index contributed by atoms with van der Waals surface area (Å²) in [5.74, 6) is 0.574. The van der Waals surface area contributed by atoms with E-state index in [9.17, 15) is 5.11 Å². The summed E-state index contributed by atoms with van der Waals surface area (Å²) in [6.07, 6.45) is 2.02. The molecule has 1 heterocycles. The Balaban J connectivity index is 1.73. The van der Waals surface area contributed by atoms with E-state index in [4.69, 9.17) is 23.2 Å². The largest absolute Gasteiger partial charge is 0.387 e. The first kappa shape index (κ1) is 17.0. The van der Waals surface area contributed by atoms with Crippen molar-refractivity contribution >= 4 is 23.2 Å². The minimum Gasteiger partial charge on any atom is -0.387 e. The Labute approximate surface area is 137 Å². The van der Waals surface area contributed by atoms with Gasteiger partial charge in [0, 0.05) is 28.7 Å². The van der Waals surface area contributed by atoms with Crippen molar-refractivity contribution in [2.45, 2.75) is 25.9 Å². The summed E-state index contributed by atoms with van der Waals surface area (Å²) in [5, 5.41) is 14.7. The SMILES string of the molecule is CC(CNCC(O)c1cc(Cl)ccc1Cl)CN1CCCC1. The van der Waals surface area contributed by atoms with Crippen LogP contribution in [0.15, 0.2) is 18.2 Å². The van der Waals surface area contributed by atoms with E-state index in [1.165, 1.54) is 25.9 Å². The number of nitrogens with one attached hydrogen (secondary N) is 1. The van der Waals surface area contributed by atoms with Crippen LogP contribution in [0, 0.1) is 5.92 Å². The number of halogens is 2. The zero-order valence-corrected chi connectivity index (χ0v) is 14.0. The van der Waals surface area contributed by atoms with Gasteiger partial charge in [-0.1, -0.05) is 30.1 Å². The Morgan fingerprint density at radius 2 is 1.95 bits per heavy atom. The molecule has 0 bridgehead atoms. The molecule has 2 rings (SSSR count). The van der Waals surface area contributed by atoms with Crippen LogP contribution in [0.1, 0.15) is 31.4 Å². The molecule has 2 N–H and O–H groups in total. The smallest absolute Gasteiger partial charge is 0.0929 e. The number of benzene rings is 1. The van der Waals surface area contributed by atoms with Gasteiger partial charge >= 0.3 is 0 Å². The van der Waals surface area contributed by atoms with Crippen LogP contribution in [0.4, 0.5) is 0 Å². The number of hydrogen-bond donors (Lipinski definition) is 2. The Bertz CT molecular complexity index is 450. The van der Waals surface area contributed by atoms with Crippen LogP contribution in [0.2, 0.25) is 10.0 Å². The second-order valence-corrected chi connectivity index (χ2v) is 6.80. The number of nitrogens with zero attached hydrogens (tertiary/aromatic N) is 1. The van der Waals surface area contributed by atoms with Gasteiger partial charge in [0.1, 0.15) is 0 Å². The van der Waals surface area contributed by atoms with Gasteiger partial charge in [0.2, 0.25) is 0 Å². The number of hydrogen-bond acceptors (Lipinski definition) is 3.